The Morgan fingerprint density at radius 1 is 1.15 bits per heavy atom. The van der Waals surface area contributed by atoms with E-state index in [2.05, 4.69) is 5.32 Å². The fourth-order valence-electron chi connectivity index (χ4n) is 3.17. The lowest BCUT2D eigenvalue weighted by Crippen LogP contribution is -2.41. The lowest BCUT2D eigenvalue weighted by molar-refractivity contribution is -0.114. The van der Waals surface area contributed by atoms with Crippen molar-refractivity contribution in [3.05, 3.63) is 54.6 Å². The van der Waals surface area contributed by atoms with Gasteiger partial charge in [0.05, 0.1) is 11.5 Å². The van der Waals surface area contributed by atoms with Crippen molar-refractivity contribution in [2.45, 2.75) is 24.7 Å². The van der Waals surface area contributed by atoms with Crippen molar-refractivity contribution in [1.29, 1.82) is 0 Å². The molecule has 6 nitrogen and oxygen atoms in total. The van der Waals surface area contributed by atoms with Gasteiger partial charge in [0.1, 0.15) is 5.75 Å². The number of carbonyl (C=O) groups is 1. The van der Waals surface area contributed by atoms with Crippen LogP contribution in [0.2, 0.25) is 0 Å². The summed E-state index contributed by atoms with van der Waals surface area (Å²) < 4.78 is 33.2. The number of nitrogens with zero attached hydrogens (tertiary/aromatic N) is 1. The van der Waals surface area contributed by atoms with Crippen LogP contribution in [0.5, 0.6) is 5.75 Å². The smallest absolute Gasteiger partial charge is 0.243 e. The van der Waals surface area contributed by atoms with E-state index in [1.54, 1.807) is 12.1 Å². The highest BCUT2D eigenvalue weighted by Crippen LogP contribution is 2.25. The van der Waals surface area contributed by atoms with Crippen molar-refractivity contribution in [1.82, 2.24) is 4.31 Å². The number of sulfonamides is 1. The van der Waals surface area contributed by atoms with Crippen molar-refractivity contribution >= 4 is 21.6 Å². The van der Waals surface area contributed by atoms with E-state index < -0.39 is 10.0 Å². The van der Waals surface area contributed by atoms with Gasteiger partial charge >= 0.3 is 0 Å². The Hall–Kier alpha value is -2.38. The fraction of sp³-hybridized carbons (Fsp3) is 0.350. The molecule has 1 unspecified atom stereocenters. The number of para-hydroxylation sites is 1. The molecule has 0 bridgehead atoms. The Kier molecular flexibility index (Phi) is 6.13. The van der Waals surface area contributed by atoms with Crippen LogP contribution >= 0.6 is 0 Å². The first-order chi connectivity index (χ1) is 12.9. The third-order valence-corrected chi connectivity index (χ3v) is 6.40. The zero-order chi connectivity index (χ0) is 19.3. The molecule has 27 heavy (non-hydrogen) atoms. The Morgan fingerprint density at radius 2 is 1.85 bits per heavy atom. The van der Waals surface area contributed by atoms with E-state index in [1.807, 2.05) is 30.3 Å². The Labute approximate surface area is 160 Å². The zero-order valence-electron chi connectivity index (χ0n) is 15.3. The maximum atomic E-state index is 12.9. The second-order valence-corrected chi connectivity index (χ2v) is 8.64. The van der Waals surface area contributed by atoms with Crippen LogP contribution in [0.3, 0.4) is 0 Å². The van der Waals surface area contributed by atoms with Gasteiger partial charge in [0.25, 0.3) is 0 Å². The molecule has 144 valence electrons. The van der Waals surface area contributed by atoms with Gasteiger partial charge in [0.15, 0.2) is 0 Å². The summed E-state index contributed by atoms with van der Waals surface area (Å²) in [7, 11) is -3.56. The van der Waals surface area contributed by atoms with E-state index in [0.29, 0.717) is 25.4 Å². The molecule has 1 N–H and O–H groups in total. The van der Waals surface area contributed by atoms with E-state index in [0.717, 1.165) is 18.6 Å². The molecule has 7 heteroatoms. The molecule has 0 radical (unpaired) electrons. The van der Waals surface area contributed by atoms with E-state index in [4.69, 9.17) is 4.74 Å². The minimum atomic E-state index is -3.56. The molecular formula is C20H24N2O4S. The van der Waals surface area contributed by atoms with Crippen molar-refractivity contribution in [2.75, 3.05) is 25.0 Å². The summed E-state index contributed by atoms with van der Waals surface area (Å²) in [4.78, 5) is 11.3. The van der Waals surface area contributed by atoms with Crippen molar-refractivity contribution in [3.8, 4) is 5.75 Å². The Bertz CT molecular complexity index is 867. The predicted molar refractivity (Wildman–Crippen MR) is 104 cm³/mol. The lowest BCUT2D eigenvalue weighted by atomic mass is 10.0. The van der Waals surface area contributed by atoms with Crippen LogP contribution in [0.1, 0.15) is 19.8 Å². The van der Waals surface area contributed by atoms with Gasteiger partial charge in [-0.1, -0.05) is 18.2 Å². The molecular weight excluding hydrogens is 364 g/mol. The second-order valence-electron chi connectivity index (χ2n) is 6.70. The summed E-state index contributed by atoms with van der Waals surface area (Å²) in [6, 6.07) is 15.8. The highest BCUT2D eigenvalue weighted by Gasteiger charge is 2.30. The third kappa shape index (κ3) is 5.08. The minimum Gasteiger partial charge on any atom is -0.493 e. The highest BCUT2D eigenvalue weighted by atomic mass is 32.2. The fourth-order valence-corrected chi connectivity index (χ4v) is 4.73. The van der Waals surface area contributed by atoms with Crippen LogP contribution in [-0.4, -0.2) is 38.3 Å². The number of ether oxygens (including phenoxy) is 1. The zero-order valence-corrected chi connectivity index (χ0v) is 16.1. The first-order valence-corrected chi connectivity index (χ1v) is 10.4. The van der Waals surface area contributed by atoms with Gasteiger partial charge in [-0.25, -0.2) is 8.42 Å². The van der Waals surface area contributed by atoms with Crippen LogP contribution in [0.4, 0.5) is 5.69 Å². The molecule has 2 aromatic carbocycles. The van der Waals surface area contributed by atoms with Gasteiger partial charge < -0.3 is 10.1 Å². The third-order valence-electron chi connectivity index (χ3n) is 4.52. The normalized spacial score (nSPS) is 18.0. The van der Waals surface area contributed by atoms with E-state index in [9.17, 15) is 13.2 Å². The number of hydrogen-bond acceptors (Lipinski definition) is 4. The average Bonchev–Trinajstić information content (AvgIpc) is 2.67. The number of carbonyl (C=O) groups excluding carboxylic acids is 1. The number of hydrogen-bond donors (Lipinski definition) is 1. The van der Waals surface area contributed by atoms with E-state index in [1.165, 1.54) is 23.4 Å². The standard InChI is InChI=1S/C20H24N2O4S/c1-16(23)21-18-9-11-20(12-10-18)27(24,25)22-13-5-6-17(14-22)15-26-19-7-3-2-4-8-19/h2-4,7-12,17H,5-6,13-15H2,1H3,(H,21,23). The molecule has 0 saturated carbocycles. The number of anilines is 1. The van der Waals surface area contributed by atoms with Crippen LogP contribution < -0.4 is 10.1 Å². The number of benzene rings is 2. The van der Waals surface area contributed by atoms with Crippen LogP contribution in [0.25, 0.3) is 0 Å². The summed E-state index contributed by atoms with van der Waals surface area (Å²) in [6.07, 6.45) is 1.76. The largest absolute Gasteiger partial charge is 0.493 e. The molecule has 0 aliphatic carbocycles. The maximum absolute atomic E-state index is 12.9. The number of piperidine rings is 1. The molecule has 2 aromatic rings. The molecule has 0 aromatic heterocycles. The molecule has 1 aliphatic heterocycles. The summed E-state index contributed by atoms with van der Waals surface area (Å²) in [5, 5.41) is 2.64. The summed E-state index contributed by atoms with van der Waals surface area (Å²) in [5.41, 5.74) is 0.578. The van der Waals surface area contributed by atoms with E-state index >= 15 is 0 Å². The Balaban J connectivity index is 1.64. The first kappa shape index (κ1) is 19.4. The monoisotopic (exact) mass is 388 g/mol. The molecule has 1 amide bonds. The summed E-state index contributed by atoms with van der Waals surface area (Å²) in [6.45, 7) is 2.87. The van der Waals surface area contributed by atoms with E-state index in [-0.39, 0.29) is 16.7 Å². The number of amides is 1. The minimum absolute atomic E-state index is 0.160. The Morgan fingerprint density at radius 3 is 2.52 bits per heavy atom. The summed E-state index contributed by atoms with van der Waals surface area (Å²) >= 11 is 0. The molecule has 0 spiro atoms. The SMILES string of the molecule is CC(=O)Nc1ccc(S(=O)(=O)N2CCCC(COc3ccccc3)C2)cc1. The van der Waals surface area contributed by atoms with Gasteiger partial charge in [-0.05, 0) is 49.2 Å². The maximum Gasteiger partial charge on any atom is 0.243 e. The molecule has 1 fully saturated rings. The topological polar surface area (TPSA) is 75.7 Å². The highest BCUT2D eigenvalue weighted by molar-refractivity contribution is 7.89. The van der Waals surface area contributed by atoms with Gasteiger partial charge in [-0.2, -0.15) is 4.31 Å². The lowest BCUT2D eigenvalue weighted by Gasteiger charge is -2.31. The summed E-state index contributed by atoms with van der Waals surface area (Å²) in [5.74, 6) is 0.765. The predicted octanol–water partition coefficient (Wildman–Crippen LogP) is 3.12. The van der Waals surface area contributed by atoms with Crippen LogP contribution in [0, 0.1) is 5.92 Å². The van der Waals surface area contributed by atoms with Crippen molar-refractivity contribution in [3.63, 3.8) is 0 Å². The quantitative estimate of drug-likeness (QED) is 0.825. The second kappa shape index (κ2) is 8.54. The molecule has 3 rings (SSSR count). The van der Waals surface area contributed by atoms with Gasteiger partial charge in [-0.15, -0.1) is 0 Å². The average molecular weight is 388 g/mol. The molecule has 1 aliphatic rings. The van der Waals surface area contributed by atoms with Gasteiger partial charge in [-0.3, -0.25) is 4.79 Å². The first-order valence-electron chi connectivity index (χ1n) is 9.01. The number of rotatable bonds is 6. The van der Waals surface area contributed by atoms with Gasteiger partial charge in [0.2, 0.25) is 15.9 Å². The molecule has 1 saturated heterocycles. The van der Waals surface area contributed by atoms with Crippen LogP contribution in [-0.2, 0) is 14.8 Å². The van der Waals surface area contributed by atoms with Gasteiger partial charge in [0, 0.05) is 31.6 Å². The molecule has 1 atom stereocenters. The number of nitrogens with one attached hydrogen (secondary N) is 1. The van der Waals surface area contributed by atoms with Crippen LogP contribution in [0.15, 0.2) is 59.5 Å². The molecule has 1 heterocycles. The van der Waals surface area contributed by atoms with Crippen molar-refractivity contribution < 1.29 is 17.9 Å². The van der Waals surface area contributed by atoms with Crippen molar-refractivity contribution in [2.24, 2.45) is 5.92 Å².